The Kier molecular flexibility index (Phi) is 3.57. The van der Waals surface area contributed by atoms with Crippen molar-refractivity contribution in [3.63, 3.8) is 0 Å². The van der Waals surface area contributed by atoms with E-state index in [0.29, 0.717) is 0 Å². The van der Waals surface area contributed by atoms with Crippen molar-refractivity contribution in [2.24, 2.45) is 11.5 Å². The van der Waals surface area contributed by atoms with Gasteiger partial charge in [-0.15, -0.1) is 0 Å². The van der Waals surface area contributed by atoms with E-state index in [9.17, 15) is 0 Å². The summed E-state index contributed by atoms with van der Waals surface area (Å²) in [6.45, 7) is 2.06. The van der Waals surface area contributed by atoms with E-state index in [4.69, 9.17) is 11.5 Å². The Morgan fingerprint density at radius 3 is 2.00 bits per heavy atom. The maximum absolute atomic E-state index is 6.25. The molecule has 2 aromatic carbocycles. The molecule has 0 spiro atoms. The fourth-order valence-corrected chi connectivity index (χ4v) is 2.04. The molecule has 2 unspecified atom stereocenters. The molecular weight excluding hydrogens is 208 g/mol. The summed E-state index contributed by atoms with van der Waals surface area (Å²) < 4.78 is 0. The lowest BCUT2D eigenvalue weighted by atomic mass is 9.92. The van der Waals surface area contributed by atoms with Gasteiger partial charge in [0.2, 0.25) is 0 Å². The topological polar surface area (TPSA) is 52.0 Å². The minimum absolute atomic E-state index is 0.168. The molecule has 0 fully saturated rings. The molecule has 2 heteroatoms. The molecule has 2 atom stereocenters. The molecule has 0 radical (unpaired) electrons. The molecule has 0 saturated carbocycles. The van der Waals surface area contributed by atoms with E-state index in [2.05, 4.69) is 13.0 Å². The lowest BCUT2D eigenvalue weighted by molar-refractivity contribution is 0.572. The molecule has 0 aromatic heterocycles. The zero-order valence-electron chi connectivity index (χ0n) is 10.0. The zero-order chi connectivity index (χ0) is 12.3. The van der Waals surface area contributed by atoms with Gasteiger partial charge in [-0.3, -0.25) is 0 Å². The Morgan fingerprint density at radius 2 is 1.35 bits per heavy atom. The van der Waals surface area contributed by atoms with Gasteiger partial charge >= 0.3 is 0 Å². The van der Waals surface area contributed by atoms with Crippen molar-refractivity contribution in [1.29, 1.82) is 0 Å². The van der Waals surface area contributed by atoms with Crippen LogP contribution in [-0.4, -0.2) is 0 Å². The lowest BCUT2D eigenvalue weighted by Crippen LogP contribution is -2.27. The Balaban J connectivity index is 2.27. The van der Waals surface area contributed by atoms with Crippen molar-refractivity contribution in [2.45, 2.75) is 19.0 Å². The molecule has 0 aliphatic heterocycles. The third kappa shape index (κ3) is 2.54. The molecule has 2 rings (SSSR count). The van der Waals surface area contributed by atoms with Crippen LogP contribution in [0.2, 0.25) is 0 Å². The number of nitrogens with two attached hydrogens (primary N) is 2. The average molecular weight is 226 g/mol. The van der Waals surface area contributed by atoms with Gasteiger partial charge in [0.25, 0.3) is 0 Å². The molecule has 0 saturated heterocycles. The quantitative estimate of drug-likeness (QED) is 0.845. The van der Waals surface area contributed by atoms with Gasteiger partial charge < -0.3 is 11.5 Å². The maximum Gasteiger partial charge on any atom is 0.0493 e. The van der Waals surface area contributed by atoms with E-state index in [0.717, 1.165) is 11.1 Å². The number of benzene rings is 2. The van der Waals surface area contributed by atoms with Crippen molar-refractivity contribution in [3.8, 4) is 0 Å². The highest BCUT2D eigenvalue weighted by atomic mass is 14.8. The first-order valence-corrected chi connectivity index (χ1v) is 5.82. The first-order valence-electron chi connectivity index (χ1n) is 5.82. The van der Waals surface area contributed by atoms with E-state index in [-0.39, 0.29) is 12.1 Å². The Hall–Kier alpha value is -1.64. The summed E-state index contributed by atoms with van der Waals surface area (Å²) in [5.41, 5.74) is 15.8. The third-order valence-electron chi connectivity index (χ3n) is 3.12. The van der Waals surface area contributed by atoms with Crippen molar-refractivity contribution in [2.75, 3.05) is 0 Å². The minimum Gasteiger partial charge on any atom is -0.322 e. The van der Waals surface area contributed by atoms with Gasteiger partial charge in [-0.25, -0.2) is 0 Å². The van der Waals surface area contributed by atoms with E-state index < -0.39 is 0 Å². The molecule has 4 N–H and O–H groups in total. The van der Waals surface area contributed by atoms with Crippen molar-refractivity contribution < 1.29 is 0 Å². The summed E-state index contributed by atoms with van der Waals surface area (Å²) in [6.07, 6.45) is 0. The summed E-state index contributed by atoms with van der Waals surface area (Å²) in [4.78, 5) is 0. The van der Waals surface area contributed by atoms with Crippen LogP contribution in [0.3, 0.4) is 0 Å². The smallest absolute Gasteiger partial charge is 0.0493 e. The number of hydrogen-bond acceptors (Lipinski definition) is 2. The summed E-state index contributed by atoms with van der Waals surface area (Å²) >= 11 is 0. The monoisotopic (exact) mass is 226 g/mol. The van der Waals surface area contributed by atoms with Gasteiger partial charge in [-0.1, -0.05) is 54.6 Å². The molecule has 0 heterocycles. The fourth-order valence-electron chi connectivity index (χ4n) is 2.04. The highest BCUT2D eigenvalue weighted by Crippen LogP contribution is 2.26. The molecule has 0 aliphatic carbocycles. The molecule has 0 aliphatic rings. The van der Waals surface area contributed by atoms with Crippen LogP contribution >= 0.6 is 0 Å². The zero-order valence-corrected chi connectivity index (χ0v) is 10.0. The van der Waals surface area contributed by atoms with Crippen LogP contribution in [0.25, 0.3) is 0 Å². The Bertz CT molecular complexity index is 479. The molecule has 0 amide bonds. The van der Waals surface area contributed by atoms with Crippen molar-refractivity contribution in [3.05, 3.63) is 71.3 Å². The fraction of sp³-hybridized carbons (Fsp3) is 0.200. The predicted molar refractivity (Wildman–Crippen MR) is 71.5 cm³/mol. The molecule has 2 nitrogen and oxygen atoms in total. The van der Waals surface area contributed by atoms with E-state index >= 15 is 0 Å². The second-order valence-corrected chi connectivity index (χ2v) is 4.32. The Labute approximate surface area is 102 Å². The van der Waals surface area contributed by atoms with Gasteiger partial charge in [0.15, 0.2) is 0 Å². The van der Waals surface area contributed by atoms with Crippen LogP contribution in [0.1, 0.15) is 28.8 Å². The Morgan fingerprint density at radius 1 is 0.765 bits per heavy atom. The highest BCUT2D eigenvalue weighted by molar-refractivity contribution is 5.32. The minimum atomic E-state index is -0.169. The summed E-state index contributed by atoms with van der Waals surface area (Å²) in [5, 5.41) is 0. The van der Waals surface area contributed by atoms with Crippen LogP contribution < -0.4 is 11.5 Å². The van der Waals surface area contributed by atoms with E-state index in [1.165, 1.54) is 5.56 Å². The lowest BCUT2D eigenvalue weighted by Gasteiger charge is -2.22. The van der Waals surface area contributed by atoms with Crippen LogP contribution in [0, 0.1) is 6.92 Å². The predicted octanol–water partition coefficient (Wildman–Crippen LogP) is 2.69. The first kappa shape index (κ1) is 11.8. The summed E-state index contributed by atoms with van der Waals surface area (Å²) in [5.74, 6) is 0. The van der Waals surface area contributed by atoms with Gasteiger partial charge in [-0.2, -0.15) is 0 Å². The maximum atomic E-state index is 6.25. The van der Waals surface area contributed by atoms with E-state index in [1.807, 2.05) is 48.5 Å². The summed E-state index contributed by atoms with van der Waals surface area (Å²) in [7, 11) is 0. The molecule has 17 heavy (non-hydrogen) atoms. The van der Waals surface area contributed by atoms with Gasteiger partial charge in [0, 0.05) is 12.1 Å². The van der Waals surface area contributed by atoms with Gasteiger partial charge in [0.05, 0.1) is 0 Å². The number of aryl methyl sites for hydroxylation is 1. The number of rotatable bonds is 3. The van der Waals surface area contributed by atoms with Crippen molar-refractivity contribution >= 4 is 0 Å². The van der Waals surface area contributed by atoms with Gasteiger partial charge in [-0.05, 0) is 23.6 Å². The normalized spacial score (nSPS) is 14.3. The second kappa shape index (κ2) is 5.13. The molecule has 0 bridgehead atoms. The van der Waals surface area contributed by atoms with Crippen LogP contribution in [-0.2, 0) is 0 Å². The molecule has 88 valence electrons. The largest absolute Gasteiger partial charge is 0.322 e. The van der Waals surface area contributed by atoms with Gasteiger partial charge in [0.1, 0.15) is 0 Å². The third-order valence-corrected chi connectivity index (χ3v) is 3.12. The standard InChI is InChI=1S/C15H18N2/c1-11-7-5-6-10-13(11)15(17)14(16)12-8-3-2-4-9-12/h2-10,14-15H,16-17H2,1H3. The van der Waals surface area contributed by atoms with Crippen LogP contribution in [0.15, 0.2) is 54.6 Å². The highest BCUT2D eigenvalue weighted by Gasteiger charge is 2.18. The average Bonchev–Trinajstić information content (AvgIpc) is 2.39. The second-order valence-electron chi connectivity index (χ2n) is 4.32. The van der Waals surface area contributed by atoms with Crippen LogP contribution in [0.5, 0.6) is 0 Å². The summed E-state index contributed by atoms with van der Waals surface area (Å²) in [6, 6.07) is 17.8. The van der Waals surface area contributed by atoms with Crippen molar-refractivity contribution in [1.82, 2.24) is 0 Å². The van der Waals surface area contributed by atoms with Crippen LogP contribution in [0.4, 0.5) is 0 Å². The first-order chi connectivity index (χ1) is 8.20. The number of hydrogen-bond donors (Lipinski definition) is 2. The van der Waals surface area contributed by atoms with E-state index in [1.54, 1.807) is 0 Å². The SMILES string of the molecule is Cc1ccccc1C(N)C(N)c1ccccc1. The molecular formula is C15H18N2. The molecule has 2 aromatic rings.